The van der Waals surface area contributed by atoms with Crippen LogP contribution in [0.1, 0.15) is 0 Å². The van der Waals surface area contributed by atoms with Crippen molar-refractivity contribution in [2.75, 3.05) is 11.8 Å². The minimum atomic E-state index is -3.73. The number of ether oxygens (including phenoxy) is 1. The van der Waals surface area contributed by atoms with Crippen molar-refractivity contribution in [2.45, 2.75) is 4.90 Å². The summed E-state index contributed by atoms with van der Waals surface area (Å²) >= 11 is 0. The van der Waals surface area contributed by atoms with Crippen LogP contribution in [0.5, 0.6) is 5.75 Å². The Balaban J connectivity index is 2.01. The van der Waals surface area contributed by atoms with Gasteiger partial charge in [0.2, 0.25) is 0 Å². The topological polar surface area (TPSA) is 68.3 Å². The van der Waals surface area contributed by atoms with Crippen molar-refractivity contribution in [2.24, 2.45) is 0 Å². The number of rotatable bonds is 4. The van der Waals surface area contributed by atoms with E-state index in [1.807, 2.05) is 24.3 Å². The largest absolute Gasteiger partial charge is 0.495 e. The van der Waals surface area contributed by atoms with E-state index in [9.17, 15) is 8.42 Å². The Kier molecular flexibility index (Phi) is 3.68. The zero-order valence-electron chi connectivity index (χ0n) is 11.9. The molecule has 0 aliphatic carbocycles. The van der Waals surface area contributed by atoms with Crippen molar-refractivity contribution in [1.29, 1.82) is 0 Å². The number of para-hydroxylation sites is 3. The average Bonchev–Trinajstić information content (AvgIpc) is 2.54. The zero-order valence-corrected chi connectivity index (χ0v) is 12.7. The van der Waals surface area contributed by atoms with E-state index in [4.69, 9.17) is 4.74 Å². The first-order valence-electron chi connectivity index (χ1n) is 6.61. The fraction of sp³-hybridized carbons (Fsp3) is 0.0625. The Labute approximate surface area is 128 Å². The predicted molar refractivity (Wildman–Crippen MR) is 85.5 cm³/mol. The number of nitrogens with one attached hydrogen (secondary N) is 1. The summed E-state index contributed by atoms with van der Waals surface area (Å²) in [6.45, 7) is 0. The molecule has 1 aromatic heterocycles. The molecule has 22 heavy (non-hydrogen) atoms. The van der Waals surface area contributed by atoms with Crippen LogP contribution in [0.4, 0.5) is 5.69 Å². The van der Waals surface area contributed by atoms with Gasteiger partial charge in [0.15, 0.2) is 0 Å². The van der Waals surface area contributed by atoms with Gasteiger partial charge in [-0.05, 0) is 24.3 Å². The fourth-order valence-corrected chi connectivity index (χ4v) is 3.18. The predicted octanol–water partition coefficient (Wildman–Crippen LogP) is 3.04. The maximum atomic E-state index is 12.5. The van der Waals surface area contributed by atoms with Crippen LogP contribution in [0.25, 0.3) is 10.9 Å². The van der Waals surface area contributed by atoms with E-state index in [2.05, 4.69) is 9.71 Å². The minimum absolute atomic E-state index is 0.108. The molecule has 6 heteroatoms. The number of nitrogens with zero attached hydrogens (tertiary/aromatic N) is 1. The van der Waals surface area contributed by atoms with Crippen LogP contribution >= 0.6 is 0 Å². The highest BCUT2D eigenvalue weighted by atomic mass is 32.2. The molecule has 0 aliphatic rings. The lowest BCUT2D eigenvalue weighted by Crippen LogP contribution is -2.13. The molecule has 0 amide bonds. The molecule has 5 nitrogen and oxygen atoms in total. The Morgan fingerprint density at radius 1 is 1.05 bits per heavy atom. The molecule has 1 N–H and O–H groups in total. The molecular weight excluding hydrogens is 300 g/mol. The SMILES string of the molecule is COc1ccccc1NS(=O)(=O)c1cnc2ccccc2c1. The molecule has 0 saturated carbocycles. The molecule has 0 fully saturated rings. The molecule has 3 rings (SSSR count). The molecule has 0 saturated heterocycles. The number of benzene rings is 2. The monoisotopic (exact) mass is 314 g/mol. The average molecular weight is 314 g/mol. The first-order chi connectivity index (χ1) is 10.6. The molecule has 0 atom stereocenters. The molecule has 1 heterocycles. The summed E-state index contributed by atoms with van der Waals surface area (Å²) < 4.78 is 32.7. The Morgan fingerprint density at radius 2 is 1.77 bits per heavy atom. The van der Waals surface area contributed by atoms with Gasteiger partial charge in [-0.1, -0.05) is 30.3 Å². The number of sulfonamides is 1. The maximum absolute atomic E-state index is 12.5. The fourth-order valence-electron chi connectivity index (χ4n) is 2.13. The lowest BCUT2D eigenvalue weighted by Gasteiger charge is -2.11. The van der Waals surface area contributed by atoms with E-state index >= 15 is 0 Å². The van der Waals surface area contributed by atoms with Gasteiger partial charge in [0.25, 0.3) is 10.0 Å². The number of fused-ring (bicyclic) bond motifs is 1. The number of pyridine rings is 1. The second-order valence-electron chi connectivity index (χ2n) is 4.67. The normalized spacial score (nSPS) is 11.3. The number of anilines is 1. The molecule has 0 aliphatic heterocycles. The lowest BCUT2D eigenvalue weighted by molar-refractivity contribution is 0.417. The summed E-state index contributed by atoms with van der Waals surface area (Å²) in [5.41, 5.74) is 1.14. The summed E-state index contributed by atoms with van der Waals surface area (Å²) in [5, 5.41) is 0.769. The quantitative estimate of drug-likeness (QED) is 0.803. The number of hydrogen-bond donors (Lipinski definition) is 1. The van der Waals surface area contributed by atoms with Crippen LogP contribution in [-0.2, 0) is 10.0 Å². The van der Waals surface area contributed by atoms with Gasteiger partial charge in [-0.3, -0.25) is 9.71 Å². The van der Waals surface area contributed by atoms with Crippen molar-refractivity contribution in [1.82, 2.24) is 4.98 Å². The summed E-state index contributed by atoms with van der Waals surface area (Å²) in [4.78, 5) is 4.29. The van der Waals surface area contributed by atoms with E-state index in [1.165, 1.54) is 13.3 Å². The first kappa shape index (κ1) is 14.3. The summed E-state index contributed by atoms with van der Waals surface area (Å²) in [6, 6.07) is 15.8. The van der Waals surface area contributed by atoms with Crippen LogP contribution in [0.2, 0.25) is 0 Å². The van der Waals surface area contributed by atoms with Gasteiger partial charge >= 0.3 is 0 Å². The molecule has 0 unspecified atom stereocenters. The molecule has 112 valence electrons. The van der Waals surface area contributed by atoms with E-state index < -0.39 is 10.0 Å². The highest BCUT2D eigenvalue weighted by Gasteiger charge is 2.17. The van der Waals surface area contributed by atoms with E-state index in [0.717, 1.165) is 10.9 Å². The second kappa shape index (κ2) is 5.65. The Morgan fingerprint density at radius 3 is 2.59 bits per heavy atom. The van der Waals surface area contributed by atoms with E-state index in [0.29, 0.717) is 11.4 Å². The van der Waals surface area contributed by atoms with Crippen LogP contribution < -0.4 is 9.46 Å². The van der Waals surface area contributed by atoms with Crippen molar-refractivity contribution < 1.29 is 13.2 Å². The number of hydrogen-bond acceptors (Lipinski definition) is 4. The highest BCUT2D eigenvalue weighted by molar-refractivity contribution is 7.92. The van der Waals surface area contributed by atoms with Crippen molar-refractivity contribution >= 4 is 26.6 Å². The van der Waals surface area contributed by atoms with Gasteiger partial charge in [0.1, 0.15) is 10.6 Å². The molecule has 2 aromatic carbocycles. The summed E-state index contributed by atoms with van der Waals surface area (Å²) in [7, 11) is -2.24. The summed E-state index contributed by atoms with van der Waals surface area (Å²) in [5.74, 6) is 0.458. The highest BCUT2D eigenvalue weighted by Crippen LogP contribution is 2.26. The van der Waals surface area contributed by atoms with Crippen LogP contribution in [0.3, 0.4) is 0 Å². The second-order valence-corrected chi connectivity index (χ2v) is 6.35. The van der Waals surface area contributed by atoms with Crippen molar-refractivity contribution in [3.05, 3.63) is 60.8 Å². The van der Waals surface area contributed by atoms with Gasteiger partial charge in [-0.2, -0.15) is 0 Å². The number of aromatic nitrogens is 1. The smallest absolute Gasteiger partial charge is 0.263 e. The van der Waals surface area contributed by atoms with Gasteiger partial charge in [0, 0.05) is 11.6 Å². The Hall–Kier alpha value is -2.60. The minimum Gasteiger partial charge on any atom is -0.495 e. The Bertz CT molecular complexity index is 923. The van der Waals surface area contributed by atoms with E-state index in [-0.39, 0.29) is 4.90 Å². The standard InChI is InChI=1S/C16H14N2O3S/c1-21-16-9-5-4-8-15(16)18-22(19,20)13-10-12-6-2-3-7-14(12)17-11-13/h2-11,18H,1H3. The zero-order chi connectivity index (χ0) is 15.6. The van der Waals surface area contributed by atoms with Crippen LogP contribution in [0, 0.1) is 0 Å². The third-order valence-corrected chi connectivity index (χ3v) is 4.56. The van der Waals surface area contributed by atoms with E-state index in [1.54, 1.807) is 30.3 Å². The maximum Gasteiger partial charge on any atom is 0.263 e. The van der Waals surface area contributed by atoms with Gasteiger partial charge in [0.05, 0.1) is 18.3 Å². The number of methoxy groups -OCH3 is 1. The van der Waals surface area contributed by atoms with Crippen LogP contribution in [0.15, 0.2) is 65.7 Å². The van der Waals surface area contributed by atoms with Gasteiger partial charge < -0.3 is 4.74 Å². The molecular formula is C16H14N2O3S. The molecule has 0 bridgehead atoms. The lowest BCUT2D eigenvalue weighted by atomic mass is 10.2. The van der Waals surface area contributed by atoms with Crippen molar-refractivity contribution in [3.63, 3.8) is 0 Å². The third-order valence-electron chi connectivity index (χ3n) is 3.23. The first-order valence-corrected chi connectivity index (χ1v) is 8.09. The van der Waals surface area contributed by atoms with Gasteiger partial charge in [-0.25, -0.2) is 8.42 Å². The summed E-state index contributed by atoms with van der Waals surface area (Å²) in [6.07, 6.45) is 1.35. The van der Waals surface area contributed by atoms with Gasteiger partial charge in [-0.15, -0.1) is 0 Å². The van der Waals surface area contributed by atoms with Crippen LogP contribution in [-0.4, -0.2) is 20.5 Å². The molecule has 0 radical (unpaired) electrons. The molecule has 3 aromatic rings. The molecule has 0 spiro atoms. The van der Waals surface area contributed by atoms with Crippen molar-refractivity contribution in [3.8, 4) is 5.75 Å². The third kappa shape index (κ3) is 2.73.